The summed E-state index contributed by atoms with van der Waals surface area (Å²) in [5.74, 6) is 1.03. The monoisotopic (exact) mass is 381 g/mol. The molecule has 0 bridgehead atoms. The van der Waals surface area contributed by atoms with Crippen LogP contribution in [0.15, 0.2) is 67.1 Å². The van der Waals surface area contributed by atoms with Gasteiger partial charge in [-0.2, -0.15) is 0 Å². The number of aldehydes is 1. The molecule has 0 saturated carbocycles. The van der Waals surface area contributed by atoms with E-state index in [1.807, 2.05) is 54.7 Å². The van der Waals surface area contributed by atoms with Crippen LogP contribution in [-0.2, 0) is 11.2 Å². The van der Waals surface area contributed by atoms with Crippen LogP contribution >= 0.6 is 0 Å². The van der Waals surface area contributed by atoms with Crippen molar-refractivity contribution in [3.8, 4) is 11.3 Å². The fraction of sp³-hybridized carbons (Fsp3) is 0.174. The predicted molar refractivity (Wildman–Crippen MR) is 112 cm³/mol. The molecule has 1 aliphatic rings. The quantitative estimate of drug-likeness (QED) is 0.493. The summed E-state index contributed by atoms with van der Waals surface area (Å²) in [6.07, 6.45) is 6.69. The van der Waals surface area contributed by atoms with Gasteiger partial charge in [-0.05, 0) is 11.6 Å². The van der Waals surface area contributed by atoms with Gasteiger partial charge in [-0.1, -0.05) is 42.5 Å². The zero-order valence-electron chi connectivity index (χ0n) is 15.8. The first-order valence-electron chi connectivity index (χ1n) is 9.62. The minimum atomic E-state index is 0.281. The second-order valence-corrected chi connectivity index (χ2v) is 7.19. The number of hydrogen-bond acceptors (Lipinski definition) is 6. The Balaban J connectivity index is 1.37. The van der Waals surface area contributed by atoms with Gasteiger partial charge in [0.25, 0.3) is 0 Å². The Labute approximate surface area is 168 Å². The van der Waals surface area contributed by atoms with Crippen molar-refractivity contribution in [1.29, 1.82) is 0 Å². The highest BCUT2D eigenvalue weighted by atomic mass is 16.1. The zero-order chi connectivity index (χ0) is 19.6. The first-order valence-corrected chi connectivity index (χ1v) is 9.62. The van der Waals surface area contributed by atoms with E-state index in [4.69, 9.17) is 0 Å². The van der Waals surface area contributed by atoms with Crippen LogP contribution < -0.4 is 4.90 Å². The predicted octanol–water partition coefficient (Wildman–Crippen LogP) is 3.43. The Kier molecular flexibility index (Phi) is 4.44. The average molecular weight is 381 g/mol. The van der Waals surface area contributed by atoms with Crippen LogP contribution in [0.4, 0.5) is 5.95 Å². The van der Waals surface area contributed by atoms with Crippen molar-refractivity contribution in [1.82, 2.24) is 19.9 Å². The van der Waals surface area contributed by atoms with E-state index in [1.165, 1.54) is 0 Å². The minimum Gasteiger partial charge on any atom is -0.339 e. The summed E-state index contributed by atoms with van der Waals surface area (Å²) in [6, 6.07) is 16.0. The van der Waals surface area contributed by atoms with Crippen molar-refractivity contribution >= 4 is 23.1 Å². The number of carbonyl (C=O) groups is 1. The summed E-state index contributed by atoms with van der Waals surface area (Å²) in [7, 11) is 0. The van der Waals surface area contributed by atoms with Gasteiger partial charge >= 0.3 is 0 Å². The third-order valence-electron chi connectivity index (χ3n) is 5.30. The second kappa shape index (κ2) is 7.39. The summed E-state index contributed by atoms with van der Waals surface area (Å²) < 4.78 is 0. The molecule has 0 unspecified atom stereocenters. The molecule has 3 heterocycles. The van der Waals surface area contributed by atoms with Crippen LogP contribution in [0.5, 0.6) is 0 Å². The highest BCUT2D eigenvalue weighted by Crippen LogP contribution is 2.34. The van der Waals surface area contributed by atoms with Crippen molar-refractivity contribution in [3.63, 3.8) is 0 Å². The number of nitrogens with zero attached hydrogens (tertiary/aromatic N) is 5. The fourth-order valence-corrected chi connectivity index (χ4v) is 3.69. The van der Waals surface area contributed by atoms with Gasteiger partial charge < -0.3 is 9.69 Å². The number of benzene rings is 2. The minimum absolute atomic E-state index is 0.281. The van der Waals surface area contributed by atoms with E-state index >= 15 is 0 Å². The summed E-state index contributed by atoms with van der Waals surface area (Å²) in [5, 5.41) is 1.04. The molecule has 29 heavy (non-hydrogen) atoms. The molecule has 1 saturated heterocycles. The van der Waals surface area contributed by atoms with Gasteiger partial charge in [-0.25, -0.2) is 9.97 Å². The van der Waals surface area contributed by atoms with Gasteiger partial charge in [0.1, 0.15) is 6.29 Å². The molecule has 1 fully saturated rings. The molecule has 0 radical (unpaired) electrons. The van der Waals surface area contributed by atoms with Gasteiger partial charge in [0, 0.05) is 55.0 Å². The number of aromatic nitrogens is 4. The van der Waals surface area contributed by atoms with E-state index < -0.39 is 0 Å². The molecule has 2 aromatic heterocycles. The smallest absolute Gasteiger partial charge is 0.225 e. The molecule has 0 amide bonds. The summed E-state index contributed by atoms with van der Waals surface area (Å²) in [6.45, 7) is 1.63. The maximum Gasteiger partial charge on any atom is 0.225 e. The van der Waals surface area contributed by atoms with Crippen LogP contribution in [-0.4, -0.2) is 39.3 Å². The molecular formula is C23H19N5O. The maximum atomic E-state index is 10.7. The van der Waals surface area contributed by atoms with Crippen LogP contribution in [0.25, 0.3) is 22.2 Å². The molecule has 142 valence electrons. The third-order valence-corrected chi connectivity index (χ3v) is 5.30. The number of hydrogen-bond donors (Lipinski definition) is 0. The summed E-state index contributed by atoms with van der Waals surface area (Å²) in [4.78, 5) is 31.3. The first kappa shape index (κ1) is 17.4. The molecule has 6 nitrogen and oxygen atoms in total. The first-order chi connectivity index (χ1) is 14.3. The van der Waals surface area contributed by atoms with E-state index in [0.717, 1.165) is 58.7 Å². The molecule has 0 aliphatic carbocycles. The molecular weight excluding hydrogens is 362 g/mol. The van der Waals surface area contributed by atoms with Gasteiger partial charge in [0.2, 0.25) is 5.95 Å². The molecule has 0 N–H and O–H groups in total. The topological polar surface area (TPSA) is 71.9 Å². The zero-order valence-corrected chi connectivity index (χ0v) is 15.8. The summed E-state index contributed by atoms with van der Waals surface area (Å²) >= 11 is 0. The second-order valence-electron chi connectivity index (χ2n) is 7.19. The number of rotatable bonds is 5. The SMILES string of the molecule is O=CCc1ccc(-c2nccnc2C2CN(c3ncc4ccccc4n3)C2)cc1. The Bertz CT molecular complexity index is 1170. The van der Waals surface area contributed by atoms with Crippen molar-refractivity contribution < 1.29 is 4.79 Å². The van der Waals surface area contributed by atoms with Gasteiger partial charge in [-0.15, -0.1) is 0 Å². The van der Waals surface area contributed by atoms with E-state index in [9.17, 15) is 4.79 Å². The molecule has 4 aromatic rings. The molecule has 1 aliphatic heterocycles. The molecule has 5 rings (SSSR count). The molecule has 2 aromatic carbocycles. The highest BCUT2D eigenvalue weighted by molar-refractivity contribution is 5.78. The lowest BCUT2D eigenvalue weighted by Crippen LogP contribution is -2.46. The van der Waals surface area contributed by atoms with Crippen molar-refractivity contribution in [2.75, 3.05) is 18.0 Å². The van der Waals surface area contributed by atoms with Crippen molar-refractivity contribution in [2.24, 2.45) is 0 Å². The van der Waals surface area contributed by atoms with Crippen LogP contribution in [0.2, 0.25) is 0 Å². The van der Waals surface area contributed by atoms with E-state index in [1.54, 1.807) is 12.4 Å². The van der Waals surface area contributed by atoms with Crippen molar-refractivity contribution in [3.05, 3.63) is 78.4 Å². The molecule has 0 atom stereocenters. The third kappa shape index (κ3) is 3.33. The lowest BCUT2D eigenvalue weighted by atomic mass is 9.92. The number of fused-ring (bicyclic) bond motifs is 1. The average Bonchev–Trinajstić information content (AvgIpc) is 2.74. The number of para-hydroxylation sites is 1. The lowest BCUT2D eigenvalue weighted by Gasteiger charge is -2.39. The van der Waals surface area contributed by atoms with E-state index in [-0.39, 0.29) is 5.92 Å². The lowest BCUT2D eigenvalue weighted by molar-refractivity contribution is -0.107. The van der Waals surface area contributed by atoms with Gasteiger partial charge in [0.05, 0.1) is 16.9 Å². The number of carbonyl (C=O) groups excluding carboxylic acids is 1. The van der Waals surface area contributed by atoms with Crippen LogP contribution in [0, 0.1) is 0 Å². The van der Waals surface area contributed by atoms with Crippen LogP contribution in [0.1, 0.15) is 17.2 Å². The Morgan fingerprint density at radius 1 is 0.966 bits per heavy atom. The number of anilines is 1. The van der Waals surface area contributed by atoms with E-state index in [0.29, 0.717) is 6.42 Å². The maximum absolute atomic E-state index is 10.7. The van der Waals surface area contributed by atoms with Crippen molar-refractivity contribution in [2.45, 2.75) is 12.3 Å². The van der Waals surface area contributed by atoms with E-state index in [2.05, 4.69) is 24.8 Å². The highest BCUT2D eigenvalue weighted by Gasteiger charge is 2.33. The molecule has 6 heteroatoms. The van der Waals surface area contributed by atoms with Crippen LogP contribution in [0.3, 0.4) is 0 Å². The molecule has 0 spiro atoms. The van der Waals surface area contributed by atoms with Gasteiger partial charge in [-0.3, -0.25) is 9.97 Å². The van der Waals surface area contributed by atoms with Gasteiger partial charge in [0.15, 0.2) is 0 Å². The summed E-state index contributed by atoms with van der Waals surface area (Å²) in [5.41, 5.74) is 4.86. The Morgan fingerprint density at radius 3 is 2.59 bits per heavy atom. The Morgan fingerprint density at radius 2 is 1.76 bits per heavy atom. The largest absolute Gasteiger partial charge is 0.339 e. The normalized spacial score (nSPS) is 14.0. The fourth-order valence-electron chi connectivity index (χ4n) is 3.69. The standard InChI is InChI=1S/C23H19N5O/c29-12-9-16-5-7-17(8-6-16)21-22(25-11-10-24-21)19-14-28(15-19)23-26-13-18-3-1-2-4-20(18)27-23/h1-8,10-13,19H,9,14-15H2. The Hall–Kier alpha value is -3.67.